The number of hydrogen-bond acceptors (Lipinski definition) is 4. The Bertz CT molecular complexity index is 1090. The summed E-state index contributed by atoms with van der Waals surface area (Å²) in [6, 6.07) is 26.7. The molecular formula is C24H19N3O3. The Morgan fingerprint density at radius 2 is 1.40 bits per heavy atom. The van der Waals surface area contributed by atoms with Crippen molar-refractivity contribution in [3.63, 3.8) is 0 Å². The number of anilines is 2. The van der Waals surface area contributed by atoms with Crippen LogP contribution in [0.25, 0.3) is 6.08 Å². The second kappa shape index (κ2) is 10.2. The second-order valence-corrected chi connectivity index (χ2v) is 6.23. The van der Waals surface area contributed by atoms with Gasteiger partial charge < -0.3 is 15.4 Å². The minimum Gasteiger partial charge on any atom is -0.483 e. The molecule has 0 aliphatic heterocycles. The molecular weight excluding hydrogens is 378 g/mol. The fourth-order valence-corrected chi connectivity index (χ4v) is 2.62. The molecule has 30 heavy (non-hydrogen) atoms. The molecule has 0 aromatic heterocycles. The van der Waals surface area contributed by atoms with Crippen LogP contribution >= 0.6 is 0 Å². The fraction of sp³-hybridized carbons (Fsp3) is 0.0417. The Balaban J connectivity index is 1.69. The van der Waals surface area contributed by atoms with Crippen LogP contribution in [0.2, 0.25) is 0 Å². The first-order chi connectivity index (χ1) is 14.7. The van der Waals surface area contributed by atoms with Crippen molar-refractivity contribution in [2.75, 3.05) is 17.2 Å². The number of rotatable bonds is 7. The van der Waals surface area contributed by atoms with Crippen molar-refractivity contribution in [1.29, 1.82) is 5.26 Å². The third kappa shape index (κ3) is 5.81. The smallest absolute Gasteiger partial charge is 0.266 e. The molecule has 6 heteroatoms. The second-order valence-electron chi connectivity index (χ2n) is 6.23. The van der Waals surface area contributed by atoms with Gasteiger partial charge in [-0.25, -0.2) is 0 Å². The van der Waals surface area contributed by atoms with E-state index in [1.165, 1.54) is 6.08 Å². The van der Waals surface area contributed by atoms with Crippen LogP contribution in [0, 0.1) is 11.3 Å². The Hall–Kier alpha value is -4.37. The molecule has 0 fully saturated rings. The summed E-state index contributed by atoms with van der Waals surface area (Å²) in [5.41, 5.74) is 1.70. The van der Waals surface area contributed by atoms with Gasteiger partial charge in [-0.05, 0) is 36.4 Å². The molecule has 2 amide bonds. The highest BCUT2D eigenvalue weighted by atomic mass is 16.5. The van der Waals surface area contributed by atoms with Crippen LogP contribution in [0.5, 0.6) is 5.75 Å². The van der Waals surface area contributed by atoms with Crippen LogP contribution in [0.3, 0.4) is 0 Å². The SMILES string of the molecule is N#C/C(=C\c1ccccc1OCC(=O)Nc1ccccc1)C(=O)Nc1ccccc1. The quantitative estimate of drug-likeness (QED) is 0.461. The molecule has 0 unspecified atom stereocenters. The lowest BCUT2D eigenvalue weighted by molar-refractivity contribution is -0.118. The third-order valence-electron chi connectivity index (χ3n) is 4.03. The predicted molar refractivity (Wildman–Crippen MR) is 116 cm³/mol. The minimum absolute atomic E-state index is 0.0800. The molecule has 0 aliphatic carbocycles. The number of benzene rings is 3. The molecule has 0 spiro atoms. The van der Waals surface area contributed by atoms with E-state index in [-0.39, 0.29) is 18.1 Å². The lowest BCUT2D eigenvalue weighted by Gasteiger charge is -2.10. The van der Waals surface area contributed by atoms with Crippen molar-refractivity contribution in [3.05, 3.63) is 96.1 Å². The van der Waals surface area contributed by atoms with Gasteiger partial charge >= 0.3 is 0 Å². The Morgan fingerprint density at radius 3 is 2.03 bits per heavy atom. The molecule has 0 heterocycles. The van der Waals surface area contributed by atoms with Gasteiger partial charge in [-0.2, -0.15) is 5.26 Å². The first kappa shape index (κ1) is 20.4. The van der Waals surface area contributed by atoms with Crippen molar-refractivity contribution in [2.24, 2.45) is 0 Å². The van der Waals surface area contributed by atoms with Crippen LogP contribution in [-0.2, 0) is 9.59 Å². The van der Waals surface area contributed by atoms with Crippen molar-refractivity contribution < 1.29 is 14.3 Å². The standard InChI is InChI=1S/C24H19N3O3/c25-16-19(24(29)27-21-12-5-2-6-13-21)15-18-9-7-8-14-22(18)30-17-23(28)26-20-10-3-1-4-11-20/h1-15H,17H2,(H,26,28)(H,27,29)/b19-15+. The summed E-state index contributed by atoms with van der Waals surface area (Å²) in [5, 5.41) is 14.8. The van der Waals surface area contributed by atoms with E-state index < -0.39 is 5.91 Å². The number of carbonyl (C=O) groups is 2. The van der Waals surface area contributed by atoms with E-state index in [1.54, 1.807) is 60.7 Å². The summed E-state index contributed by atoms with van der Waals surface area (Å²) in [6.45, 7) is -0.210. The van der Waals surface area contributed by atoms with E-state index in [9.17, 15) is 14.9 Å². The average Bonchev–Trinajstić information content (AvgIpc) is 2.78. The Labute approximate surface area is 174 Å². The van der Waals surface area contributed by atoms with Crippen LogP contribution in [0.1, 0.15) is 5.56 Å². The highest BCUT2D eigenvalue weighted by Gasteiger charge is 2.12. The summed E-state index contributed by atoms with van der Waals surface area (Å²) in [4.78, 5) is 24.5. The van der Waals surface area contributed by atoms with Gasteiger partial charge in [0.25, 0.3) is 11.8 Å². The van der Waals surface area contributed by atoms with Crippen molar-refractivity contribution in [1.82, 2.24) is 0 Å². The first-order valence-electron chi connectivity index (χ1n) is 9.20. The topological polar surface area (TPSA) is 91.2 Å². The monoisotopic (exact) mass is 397 g/mol. The number of ether oxygens (including phenoxy) is 1. The van der Waals surface area contributed by atoms with Gasteiger partial charge in [-0.3, -0.25) is 9.59 Å². The van der Waals surface area contributed by atoms with Gasteiger partial charge in [0, 0.05) is 16.9 Å². The summed E-state index contributed by atoms with van der Waals surface area (Å²) >= 11 is 0. The number of para-hydroxylation sites is 3. The van der Waals surface area contributed by atoms with Crippen LogP contribution < -0.4 is 15.4 Å². The zero-order valence-electron chi connectivity index (χ0n) is 16.0. The van der Waals surface area contributed by atoms with E-state index in [2.05, 4.69) is 10.6 Å². The Kier molecular flexibility index (Phi) is 6.96. The van der Waals surface area contributed by atoms with Crippen molar-refractivity contribution >= 4 is 29.3 Å². The molecule has 6 nitrogen and oxygen atoms in total. The fourth-order valence-electron chi connectivity index (χ4n) is 2.62. The van der Waals surface area contributed by atoms with Gasteiger partial charge in [0.1, 0.15) is 17.4 Å². The molecule has 0 radical (unpaired) electrons. The maximum absolute atomic E-state index is 12.4. The summed E-state index contributed by atoms with van der Waals surface area (Å²) in [6.07, 6.45) is 1.43. The number of nitriles is 1. The Morgan fingerprint density at radius 1 is 0.833 bits per heavy atom. The van der Waals surface area contributed by atoms with E-state index >= 15 is 0 Å². The maximum atomic E-state index is 12.4. The van der Waals surface area contributed by atoms with Gasteiger partial charge in [-0.1, -0.05) is 54.6 Å². The van der Waals surface area contributed by atoms with Gasteiger partial charge in [0.2, 0.25) is 0 Å². The number of nitrogens with zero attached hydrogens (tertiary/aromatic N) is 1. The summed E-state index contributed by atoms with van der Waals surface area (Å²) < 4.78 is 5.62. The lowest BCUT2D eigenvalue weighted by atomic mass is 10.1. The largest absolute Gasteiger partial charge is 0.483 e. The zero-order valence-corrected chi connectivity index (χ0v) is 16.0. The molecule has 0 bridgehead atoms. The van der Waals surface area contributed by atoms with E-state index in [1.807, 2.05) is 30.3 Å². The van der Waals surface area contributed by atoms with Crippen LogP contribution in [-0.4, -0.2) is 18.4 Å². The third-order valence-corrected chi connectivity index (χ3v) is 4.03. The lowest BCUT2D eigenvalue weighted by Crippen LogP contribution is -2.20. The van der Waals surface area contributed by atoms with Crippen LogP contribution in [0.4, 0.5) is 11.4 Å². The predicted octanol–water partition coefficient (Wildman–Crippen LogP) is 4.25. The molecule has 0 aliphatic rings. The molecule has 148 valence electrons. The molecule has 0 saturated carbocycles. The molecule has 3 aromatic rings. The molecule has 0 saturated heterocycles. The van der Waals surface area contributed by atoms with Crippen molar-refractivity contribution in [2.45, 2.75) is 0 Å². The number of nitrogens with one attached hydrogen (secondary N) is 2. The van der Waals surface area contributed by atoms with E-state index in [4.69, 9.17) is 4.74 Å². The van der Waals surface area contributed by atoms with Gasteiger partial charge in [0.15, 0.2) is 6.61 Å². The maximum Gasteiger partial charge on any atom is 0.266 e. The summed E-state index contributed by atoms with van der Waals surface area (Å²) in [5.74, 6) is -0.455. The van der Waals surface area contributed by atoms with Crippen molar-refractivity contribution in [3.8, 4) is 11.8 Å². The van der Waals surface area contributed by atoms with Gasteiger partial charge in [-0.15, -0.1) is 0 Å². The van der Waals surface area contributed by atoms with E-state index in [0.29, 0.717) is 22.7 Å². The molecule has 0 atom stereocenters. The highest BCUT2D eigenvalue weighted by molar-refractivity contribution is 6.09. The summed E-state index contributed by atoms with van der Waals surface area (Å²) in [7, 11) is 0. The molecule has 3 aromatic carbocycles. The number of hydrogen-bond donors (Lipinski definition) is 2. The minimum atomic E-state index is -0.527. The normalized spacial score (nSPS) is 10.6. The first-order valence-corrected chi connectivity index (χ1v) is 9.20. The van der Waals surface area contributed by atoms with Crippen LogP contribution in [0.15, 0.2) is 90.5 Å². The zero-order chi connectivity index (χ0) is 21.2. The molecule has 3 rings (SSSR count). The van der Waals surface area contributed by atoms with Gasteiger partial charge in [0.05, 0.1) is 0 Å². The number of carbonyl (C=O) groups excluding carboxylic acids is 2. The average molecular weight is 397 g/mol. The number of amides is 2. The van der Waals surface area contributed by atoms with E-state index in [0.717, 1.165) is 0 Å². The molecule has 2 N–H and O–H groups in total. The highest BCUT2D eigenvalue weighted by Crippen LogP contribution is 2.21.